The van der Waals surface area contributed by atoms with Crippen LogP contribution in [0.25, 0.3) is 78.6 Å². The molecule has 0 N–H and O–H groups in total. The summed E-state index contributed by atoms with van der Waals surface area (Å²) in [4.78, 5) is 15.1. The second-order valence-electron chi connectivity index (χ2n) is 12.8. The maximum Gasteiger partial charge on any atom is 0.181 e. The SMILES string of the molecule is c1ccc(-c2cc(-c3ccc4cc(-c5ccc(Cn6nc(-c7ccccc7)nc6-c6ccccc6)cc5)ccc4n3)cc(-c3ccccc3)n2)cc1. The fourth-order valence-electron chi connectivity index (χ4n) is 6.60. The van der Waals surface area contributed by atoms with E-state index in [1.54, 1.807) is 0 Å². The summed E-state index contributed by atoms with van der Waals surface area (Å²) in [6.07, 6.45) is 0. The third-order valence-electron chi connectivity index (χ3n) is 9.30. The van der Waals surface area contributed by atoms with Gasteiger partial charge >= 0.3 is 0 Å². The van der Waals surface area contributed by atoms with Crippen molar-refractivity contribution >= 4 is 10.9 Å². The number of pyridine rings is 2. The summed E-state index contributed by atoms with van der Waals surface area (Å²) < 4.78 is 2.00. The molecule has 0 atom stereocenters. The topological polar surface area (TPSA) is 56.5 Å². The molecule has 9 rings (SSSR count). The van der Waals surface area contributed by atoms with E-state index in [0.29, 0.717) is 6.54 Å². The molecule has 0 radical (unpaired) electrons. The summed E-state index contributed by atoms with van der Waals surface area (Å²) in [5.74, 6) is 1.57. The van der Waals surface area contributed by atoms with E-state index in [9.17, 15) is 0 Å². The van der Waals surface area contributed by atoms with Gasteiger partial charge in [-0.25, -0.2) is 19.6 Å². The Hall–Kier alpha value is -6.98. The Morgan fingerprint density at radius 2 is 0.923 bits per heavy atom. The zero-order valence-corrected chi connectivity index (χ0v) is 28.3. The number of aromatic nitrogens is 5. The van der Waals surface area contributed by atoms with Gasteiger partial charge in [-0.1, -0.05) is 158 Å². The normalized spacial score (nSPS) is 11.2. The second kappa shape index (κ2) is 13.7. The highest BCUT2D eigenvalue weighted by molar-refractivity contribution is 5.87. The zero-order chi connectivity index (χ0) is 34.7. The van der Waals surface area contributed by atoms with Crippen molar-refractivity contribution in [1.82, 2.24) is 24.7 Å². The summed E-state index contributed by atoms with van der Waals surface area (Å²) >= 11 is 0. The van der Waals surface area contributed by atoms with Crippen molar-refractivity contribution in [2.45, 2.75) is 6.54 Å². The molecule has 5 nitrogen and oxygen atoms in total. The number of nitrogens with zero attached hydrogens (tertiary/aromatic N) is 5. The maximum atomic E-state index is 5.12. The van der Waals surface area contributed by atoms with Gasteiger partial charge in [0.2, 0.25) is 0 Å². The minimum absolute atomic E-state index is 0.613. The summed E-state index contributed by atoms with van der Waals surface area (Å²) in [6.45, 7) is 0.613. The molecule has 0 bridgehead atoms. The average Bonchev–Trinajstić information content (AvgIpc) is 3.65. The van der Waals surface area contributed by atoms with Crippen LogP contribution in [0.4, 0.5) is 0 Å². The Morgan fingerprint density at radius 1 is 0.365 bits per heavy atom. The molecule has 3 heterocycles. The van der Waals surface area contributed by atoms with Crippen molar-refractivity contribution in [2.24, 2.45) is 0 Å². The molecular formula is C47H33N5. The first-order chi connectivity index (χ1) is 25.7. The lowest BCUT2D eigenvalue weighted by Gasteiger charge is -2.11. The van der Waals surface area contributed by atoms with Gasteiger partial charge in [0.25, 0.3) is 0 Å². The van der Waals surface area contributed by atoms with Crippen LogP contribution in [0.1, 0.15) is 5.56 Å². The number of hydrogen-bond donors (Lipinski definition) is 0. The fourth-order valence-corrected chi connectivity index (χ4v) is 6.60. The van der Waals surface area contributed by atoms with Crippen LogP contribution in [0.3, 0.4) is 0 Å². The average molecular weight is 668 g/mol. The third-order valence-corrected chi connectivity index (χ3v) is 9.30. The van der Waals surface area contributed by atoms with Gasteiger partial charge in [-0.2, -0.15) is 5.10 Å². The summed E-state index contributed by atoms with van der Waals surface area (Å²) in [7, 11) is 0. The van der Waals surface area contributed by atoms with Crippen molar-refractivity contribution in [3.8, 4) is 67.7 Å². The quantitative estimate of drug-likeness (QED) is 0.162. The van der Waals surface area contributed by atoms with Crippen LogP contribution in [-0.2, 0) is 6.54 Å². The molecule has 52 heavy (non-hydrogen) atoms. The van der Waals surface area contributed by atoms with E-state index in [4.69, 9.17) is 20.1 Å². The summed E-state index contributed by atoms with van der Waals surface area (Å²) in [5.41, 5.74) is 12.4. The van der Waals surface area contributed by atoms with Crippen LogP contribution >= 0.6 is 0 Å². The van der Waals surface area contributed by atoms with E-state index in [2.05, 4.69) is 103 Å². The first-order valence-electron chi connectivity index (χ1n) is 17.4. The molecule has 0 saturated heterocycles. The predicted molar refractivity (Wildman–Crippen MR) is 211 cm³/mol. The van der Waals surface area contributed by atoms with E-state index in [1.165, 1.54) is 0 Å². The minimum atomic E-state index is 0.613. The molecule has 0 aliphatic rings. The lowest BCUT2D eigenvalue weighted by molar-refractivity contribution is 0.695. The van der Waals surface area contributed by atoms with Crippen molar-refractivity contribution in [3.63, 3.8) is 0 Å². The fraction of sp³-hybridized carbons (Fsp3) is 0.0213. The van der Waals surface area contributed by atoms with Gasteiger partial charge in [-0.15, -0.1) is 0 Å². The molecule has 0 fully saturated rings. The highest BCUT2D eigenvalue weighted by atomic mass is 15.3. The number of rotatable bonds is 8. The van der Waals surface area contributed by atoms with E-state index < -0.39 is 0 Å². The van der Waals surface area contributed by atoms with Gasteiger partial charge < -0.3 is 0 Å². The van der Waals surface area contributed by atoms with E-state index in [1.807, 2.05) is 89.6 Å². The standard InChI is InChI=1S/C47H33N5/c1-5-13-35(14-6-1)44-30-41(31-45(49-44)36-15-7-2-8-16-36)43-28-26-40-29-39(25-27-42(40)48-43)34-23-21-33(22-24-34)32-52-47(38-19-11-4-12-20-38)50-46(51-52)37-17-9-3-10-18-37/h1-31H,32H2. The van der Waals surface area contributed by atoms with Crippen LogP contribution in [0.5, 0.6) is 0 Å². The molecule has 6 aromatic carbocycles. The van der Waals surface area contributed by atoms with Crippen LogP contribution in [-0.4, -0.2) is 24.7 Å². The molecule has 0 aliphatic heterocycles. The van der Waals surface area contributed by atoms with Gasteiger partial charge in [0, 0.05) is 33.2 Å². The molecule has 0 spiro atoms. The molecular weight excluding hydrogens is 635 g/mol. The predicted octanol–water partition coefficient (Wildman–Crippen LogP) is 11.3. The molecule has 0 aliphatic carbocycles. The lowest BCUT2D eigenvalue weighted by Crippen LogP contribution is -2.04. The van der Waals surface area contributed by atoms with Crippen LogP contribution in [0, 0.1) is 0 Å². The highest BCUT2D eigenvalue weighted by Crippen LogP contribution is 2.32. The Labute approximate surface area is 302 Å². The molecule has 0 saturated carbocycles. The van der Waals surface area contributed by atoms with Gasteiger partial charge in [-0.3, -0.25) is 0 Å². The van der Waals surface area contributed by atoms with Crippen molar-refractivity contribution in [3.05, 3.63) is 194 Å². The first kappa shape index (κ1) is 31.0. The second-order valence-corrected chi connectivity index (χ2v) is 12.8. The minimum Gasteiger partial charge on any atom is -0.248 e. The molecule has 3 aromatic heterocycles. The van der Waals surface area contributed by atoms with E-state index in [0.717, 1.165) is 84.1 Å². The number of benzene rings is 6. The Morgan fingerprint density at radius 3 is 1.54 bits per heavy atom. The zero-order valence-electron chi connectivity index (χ0n) is 28.3. The van der Waals surface area contributed by atoms with Gasteiger partial charge in [-0.05, 0) is 47.0 Å². The number of hydrogen-bond acceptors (Lipinski definition) is 4. The van der Waals surface area contributed by atoms with Crippen LogP contribution < -0.4 is 0 Å². The van der Waals surface area contributed by atoms with Crippen molar-refractivity contribution < 1.29 is 0 Å². The van der Waals surface area contributed by atoms with Crippen LogP contribution in [0.2, 0.25) is 0 Å². The lowest BCUT2D eigenvalue weighted by atomic mass is 10.00. The van der Waals surface area contributed by atoms with Crippen molar-refractivity contribution in [1.29, 1.82) is 0 Å². The Bertz CT molecular complexity index is 2560. The Kier molecular flexibility index (Phi) is 8.20. The maximum absolute atomic E-state index is 5.12. The molecule has 0 unspecified atom stereocenters. The molecule has 5 heteroatoms. The van der Waals surface area contributed by atoms with E-state index in [-0.39, 0.29) is 0 Å². The smallest absolute Gasteiger partial charge is 0.181 e. The van der Waals surface area contributed by atoms with Crippen molar-refractivity contribution in [2.75, 3.05) is 0 Å². The van der Waals surface area contributed by atoms with Gasteiger partial charge in [0.15, 0.2) is 11.6 Å². The molecule has 246 valence electrons. The molecule has 0 amide bonds. The van der Waals surface area contributed by atoms with Gasteiger partial charge in [0.05, 0.1) is 29.1 Å². The Balaban J connectivity index is 0.999. The largest absolute Gasteiger partial charge is 0.248 e. The highest BCUT2D eigenvalue weighted by Gasteiger charge is 2.15. The molecule has 9 aromatic rings. The van der Waals surface area contributed by atoms with Crippen LogP contribution in [0.15, 0.2) is 188 Å². The van der Waals surface area contributed by atoms with E-state index >= 15 is 0 Å². The third kappa shape index (κ3) is 6.39. The summed E-state index contributed by atoms with van der Waals surface area (Å²) in [6, 6.07) is 64.8. The monoisotopic (exact) mass is 667 g/mol. The number of fused-ring (bicyclic) bond motifs is 1. The first-order valence-corrected chi connectivity index (χ1v) is 17.4. The summed E-state index contributed by atoms with van der Waals surface area (Å²) in [5, 5.41) is 6.02. The van der Waals surface area contributed by atoms with Gasteiger partial charge in [0.1, 0.15) is 0 Å².